The fourth-order valence-electron chi connectivity index (χ4n) is 2.63. The molecule has 0 aliphatic carbocycles. The topological polar surface area (TPSA) is 180 Å². The zero-order chi connectivity index (χ0) is 19.5. The number of aliphatic hydroxyl groups is 4. The summed E-state index contributed by atoms with van der Waals surface area (Å²) in [6.07, 6.45) is -7.33. The lowest BCUT2D eigenvalue weighted by molar-refractivity contribution is -0.291. The Hall–Kier alpha value is -2.08. The van der Waals surface area contributed by atoms with Crippen LogP contribution in [0, 0.1) is 0 Å². The molecule has 6 atom stereocenters. The number of hydrogen-bond donors (Lipinski definition) is 6. The molecule has 1 heterocycles. The van der Waals surface area contributed by atoms with Gasteiger partial charge in [0.25, 0.3) is 0 Å². The van der Waals surface area contributed by atoms with Gasteiger partial charge in [0.1, 0.15) is 18.3 Å². The Bertz CT molecular complexity index is 640. The molecule has 1 aliphatic rings. The molecule has 0 radical (unpaired) electrons. The second-order valence-corrected chi connectivity index (χ2v) is 5.99. The summed E-state index contributed by atoms with van der Waals surface area (Å²) in [7, 11) is 0. The van der Waals surface area contributed by atoms with Gasteiger partial charge in [-0.05, 0) is 12.1 Å². The van der Waals surface area contributed by atoms with Crippen LogP contribution in [0.15, 0.2) is 30.3 Å². The van der Waals surface area contributed by atoms with Gasteiger partial charge in [0.15, 0.2) is 0 Å². The highest BCUT2D eigenvalue weighted by Gasteiger charge is 2.56. The molecule has 0 saturated carbocycles. The van der Waals surface area contributed by atoms with Crippen molar-refractivity contribution in [3.05, 3.63) is 35.9 Å². The first-order chi connectivity index (χ1) is 12.2. The molecule has 1 aromatic carbocycles. The summed E-state index contributed by atoms with van der Waals surface area (Å²) in [5, 5.41) is 48.2. The van der Waals surface area contributed by atoms with Gasteiger partial charge in [-0.15, -0.1) is 0 Å². The summed E-state index contributed by atoms with van der Waals surface area (Å²) < 4.78 is 10.3. The standard InChI is InChI=1S/C16H21NO9/c17-11-9(19)6-16(15(23)24,25-13(11)12(21)10(20)7-18)26-14(22)8-4-2-1-3-5-8/h1-5,9-13,18-21H,6-7,17H2,(H,23,24)/t9-,10+,11+,12+,13+,16+/m0/s1. The molecule has 0 bridgehead atoms. The van der Waals surface area contributed by atoms with Crippen LogP contribution < -0.4 is 5.73 Å². The van der Waals surface area contributed by atoms with Crippen molar-refractivity contribution in [2.45, 2.75) is 42.7 Å². The van der Waals surface area contributed by atoms with Gasteiger partial charge in [0.2, 0.25) is 0 Å². The van der Waals surface area contributed by atoms with Crippen LogP contribution in [-0.2, 0) is 14.3 Å². The Morgan fingerprint density at radius 2 is 1.92 bits per heavy atom. The van der Waals surface area contributed by atoms with Crippen molar-refractivity contribution in [2.75, 3.05) is 6.61 Å². The van der Waals surface area contributed by atoms with Gasteiger partial charge in [-0.1, -0.05) is 18.2 Å². The van der Waals surface area contributed by atoms with Crippen LogP contribution >= 0.6 is 0 Å². The SMILES string of the molecule is N[C@H]1[C@H]([C@H](O)[C@H](O)CO)O[C@](OC(=O)c2ccccc2)(C(=O)O)C[C@@H]1O. The quantitative estimate of drug-likeness (QED) is 0.301. The molecule has 10 heteroatoms. The summed E-state index contributed by atoms with van der Waals surface area (Å²) in [5.74, 6) is -5.36. The summed E-state index contributed by atoms with van der Waals surface area (Å²) in [6, 6.07) is 6.23. The van der Waals surface area contributed by atoms with Crippen LogP contribution in [-0.4, -0.2) is 80.3 Å². The van der Waals surface area contributed by atoms with Crippen LogP contribution in [0.5, 0.6) is 0 Å². The van der Waals surface area contributed by atoms with Gasteiger partial charge in [-0.2, -0.15) is 0 Å². The maximum Gasteiger partial charge on any atom is 0.377 e. The average Bonchev–Trinajstić information content (AvgIpc) is 2.63. The van der Waals surface area contributed by atoms with Crippen molar-refractivity contribution in [1.82, 2.24) is 0 Å². The second-order valence-electron chi connectivity index (χ2n) is 5.99. The molecule has 0 spiro atoms. The number of carbonyl (C=O) groups is 2. The van der Waals surface area contributed by atoms with Gasteiger partial charge >= 0.3 is 17.7 Å². The molecule has 144 valence electrons. The minimum absolute atomic E-state index is 0.0496. The molecule has 26 heavy (non-hydrogen) atoms. The molecular weight excluding hydrogens is 350 g/mol. The number of hydrogen-bond acceptors (Lipinski definition) is 9. The molecule has 7 N–H and O–H groups in total. The number of carbonyl (C=O) groups excluding carboxylic acids is 1. The van der Waals surface area contributed by atoms with E-state index in [1.807, 2.05) is 0 Å². The van der Waals surface area contributed by atoms with E-state index < -0.39 is 61.2 Å². The van der Waals surface area contributed by atoms with E-state index in [1.165, 1.54) is 12.1 Å². The Morgan fingerprint density at radius 3 is 2.46 bits per heavy atom. The van der Waals surface area contributed by atoms with Crippen LogP contribution in [0.2, 0.25) is 0 Å². The number of nitrogens with two attached hydrogens (primary N) is 1. The van der Waals surface area contributed by atoms with Gasteiger partial charge in [0, 0.05) is 0 Å². The molecule has 1 fully saturated rings. The number of aliphatic carboxylic acids is 1. The predicted octanol–water partition coefficient (Wildman–Crippen LogP) is -2.18. The van der Waals surface area contributed by atoms with E-state index in [1.54, 1.807) is 18.2 Å². The zero-order valence-corrected chi connectivity index (χ0v) is 13.6. The highest BCUT2D eigenvalue weighted by molar-refractivity contribution is 5.92. The van der Waals surface area contributed by atoms with E-state index in [0.29, 0.717) is 0 Å². The van der Waals surface area contributed by atoms with Gasteiger partial charge in [0.05, 0.1) is 30.7 Å². The minimum Gasteiger partial charge on any atom is -0.476 e. The van der Waals surface area contributed by atoms with Crippen LogP contribution in [0.25, 0.3) is 0 Å². The predicted molar refractivity (Wildman–Crippen MR) is 84.8 cm³/mol. The minimum atomic E-state index is -2.62. The number of esters is 1. The molecule has 10 nitrogen and oxygen atoms in total. The lowest BCUT2D eigenvalue weighted by atomic mass is 9.89. The molecular formula is C16H21NO9. The Morgan fingerprint density at radius 1 is 1.31 bits per heavy atom. The maximum atomic E-state index is 12.2. The monoisotopic (exact) mass is 371 g/mol. The highest BCUT2D eigenvalue weighted by Crippen LogP contribution is 2.33. The summed E-state index contributed by atoms with van der Waals surface area (Å²) >= 11 is 0. The van der Waals surface area contributed by atoms with Crippen molar-refractivity contribution in [2.24, 2.45) is 5.73 Å². The van der Waals surface area contributed by atoms with E-state index in [4.69, 9.17) is 20.3 Å². The van der Waals surface area contributed by atoms with E-state index >= 15 is 0 Å². The Labute approximate surface area is 148 Å². The molecule has 2 rings (SSSR count). The molecule has 1 aliphatic heterocycles. The summed E-state index contributed by atoms with van der Waals surface area (Å²) in [4.78, 5) is 24.0. The van der Waals surface area contributed by atoms with Crippen LogP contribution in [0.3, 0.4) is 0 Å². The molecule has 1 aromatic rings. The average molecular weight is 371 g/mol. The van der Waals surface area contributed by atoms with Gasteiger partial charge < -0.3 is 40.7 Å². The van der Waals surface area contributed by atoms with E-state index in [0.717, 1.165) is 0 Å². The van der Waals surface area contributed by atoms with Crippen molar-refractivity contribution in [3.8, 4) is 0 Å². The highest BCUT2D eigenvalue weighted by atomic mass is 16.7. The Kier molecular flexibility index (Phi) is 6.29. The summed E-state index contributed by atoms with van der Waals surface area (Å²) in [5.41, 5.74) is 5.77. The van der Waals surface area contributed by atoms with E-state index in [-0.39, 0.29) is 5.56 Å². The third-order valence-electron chi connectivity index (χ3n) is 4.14. The van der Waals surface area contributed by atoms with Crippen LogP contribution in [0.1, 0.15) is 16.8 Å². The lowest BCUT2D eigenvalue weighted by Crippen LogP contribution is -2.66. The van der Waals surface area contributed by atoms with E-state index in [9.17, 15) is 30.0 Å². The van der Waals surface area contributed by atoms with Crippen LogP contribution in [0.4, 0.5) is 0 Å². The second kappa shape index (κ2) is 8.08. The number of ether oxygens (including phenoxy) is 2. The van der Waals surface area contributed by atoms with Gasteiger partial charge in [-0.25, -0.2) is 9.59 Å². The third-order valence-corrected chi connectivity index (χ3v) is 4.14. The maximum absolute atomic E-state index is 12.2. The van der Waals surface area contributed by atoms with Crippen molar-refractivity contribution in [1.29, 1.82) is 0 Å². The zero-order valence-electron chi connectivity index (χ0n) is 13.6. The molecule has 1 saturated heterocycles. The largest absolute Gasteiger partial charge is 0.476 e. The van der Waals surface area contributed by atoms with Crippen molar-refractivity contribution >= 4 is 11.9 Å². The van der Waals surface area contributed by atoms with Gasteiger partial charge in [-0.3, -0.25) is 0 Å². The number of aliphatic hydroxyl groups excluding tert-OH is 4. The number of carboxylic acids is 1. The fraction of sp³-hybridized carbons (Fsp3) is 0.500. The number of rotatable bonds is 6. The smallest absolute Gasteiger partial charge is 0.377 e. The molecule has 0 unspecified atom stereocenters. The summed E-state index contributed by atoms with van der Waals surface area (Å²) in [6.45, 7) is -0.853. The first-order valence-electron chi connectivity index (χ1n) is 7.82. The number of benzene rings is 1. The van der Waals surface area contributed by atoms with Crippen molar-refractivity contribution in [3.63, 3.8) is 0 Å². The third kappa shape index (κ3) is 4.01. The van der Waals surface area contributed by atoms with Crippen molar-refractivity contribution < 1.29 is 44.6 Å². The van der Waals surface area contributed by atoms with E-state index in [2.05, 4.69) is 0 Å². The first-order valence-corrected chi connectivity index (χ1v) is 7.82. The fourth-order valence-corrected chi connectivity index (χ4v) is 2.63. The normalized spacial score (nSPS) is 31.0. The Balaban J connectivity index is 2.31. The number of carboxylic acid groups (broad SMARTS) is 1. The molecule has 0 amide bonds. The lowest BCUT2D eigenvalue weighted by Gasteiger charge is -2.44. The molecule has 0 aromatic heterocycles. The first kappa shape index (κ1) is 20.2.